The maximum atomic E-state index is 12.6. The van der Waals surface area contributed by atoms with Crippen LogP contribution in [0.15, 0.2) is 12.3 Å². The lowest BCUT2D eigenvalue weighted by atomic mass is 10.2. The molecular weight excluding hydrogens is 333 g/mol. The smallest absolute Gasteiger partial charge is 0.353 e. The molecule has 1 fully saturated rings. The summed E-state index contributed by atoms with van der Waals surface area (Å²) in [6, 6.07) is 0.822. The molecule has 1 aliphatic heterocycles. The molecule has 9 heteroatoms. The zero-order chi connectivity index (χ0) is 17.0. The molecule has 2 rings (SSSR count). The summed E-state index contributed by atoms with van der Waals surface area (Å²) < 4.78 is 37.9. The summed E-state index contributed by atoms with van der Waals surface area (Å²) in [5.41, 5.74) is -0.873. The van der Waals surface area contributed by atoms with Crippen LogP contribution in [0.25, 0.3) is 0 Å². The maximum Gasteiger partial charge on any atom is 0.417 e. The largest absolute Gasteiger partial charge is 0.417 e. The van der Waals surface area contributed by atoms with Crippen molar-refractivity contribution in [1.82, 2.24) is 15.6 Å². The number of anilines is 1. The van der Waals surface area contributed by atoms with Crippen molar-refractivity contribution in [2.75, 3.05) is 31.6 Å². The van der Waals surface area contributed by atoms with E-state index in [1.165, 1.54) is 0 Å². The van der Waals surface area contributed by atoms with Gasteiger partial charge in [-0.25, -0.2) is 4.98 Å². The molecule has 1 amide bonds. The van der Waals surface area contributed by atoms with Crippen molar-refractivity contribution >= 4 is 23.3 Å². The molecule has 0 aliphatic carbocycles. The molecule has 2 heterocycles. The summed E-state index contributed by atoms with van der Waals surface area (Å²) in [6.07, 6.45) is -2.61. The summed E-state index contributed by atoms with van der Waals surface area (Å²) >= 11 is 5.94. The number of alkyl halides is 3. The summed E-state index contributed by atoms with van der Waals surface area (Å²) in [6.45, 7) is 1.65. The molecule has 5 nitrogen and oxygen atoms in total. The highest BCUT2D eigenvalue weighted by atomic mass is 35.5. The minimum Gasteiger partial charge on any atom is -0.353 e. The fourth-order valence-corrected chi connectivity index (χ4v) is 2.71. The second-order valence-corrected chi connectivity index (χ2v) is 5.79. The SMILES string of the molecule is CNCCC(=O)NC1CCN(c2ncc(C(F)(F)F)cc2Cl)C1. The molecule has 1 unspecified atom stereocenters. The predicted molar refractivity (Wildman–Crippen MR) is 81.6 cm³/mol. The van der Waals surface area contributed by atoms with E-state index in [1.54, 1.807) is 11.9 Å². The molecule has 128 valence electrons. The first kappa shape index (κ1) is 17.8. The van der Waals surface area contributed by atoms with Crippen LogP contribution >= 0.6 is 11.6 Å². The molecule has 23 heavy (non-hydrogen) atoms. The molecule has 1 aromatic rings. The van der Waals surface area contributed by atoms with Gasteiger partial charge in [-0.1, -0.05) is 11.6 Å². The number of halogens is 4. The van der Waals surface area contributed by atoms with Gasteiger partial charge in [0.15, 0.2) is 0 Å². The Labute approximate surface area is 137 Å². The second-order valence-electron chi connectivity index (χ2n) is 5.38. The third-order valence-corrected chi connectivity index (χ3v) is 3.88. The summed E-state index contributed by atoms with van der Waals surface area (Å²) in [5, 5.41) is 5.75. The predicted octanol–water partition coefficient (Wildman–Crippen LogP) is 2.06. The highest BCUT2D eigenvalue weighted by Crippen LogP contribution is 2.34. The van der Waals surface area contributed by atoms with Crippen molar-refractivity contribution in [3.8, 4) is 0 Å². The van der Waals surface area contributed by atoms with Gasteiger partial charge in [0.2, 0.25) is 5.91 Å². The van der Waals surface area contributed by atoms with Crippen LogP contribution in [0.3, 0.4) is 0 Å². The number of nitrogens with zero attached hydrogens (tertiary/aromatic N) is 2. The first-order chi connectivity index (χ1) is 10.8. The number of hydrogen-bond acceptors (Lipinski definition) is 4. The Kier molecular flexibility index (Phi) is 5.69. The number of aromatic nitrogens is 1. The Hall–Kier alpha value is -1.54. The molecule has 1 aromatic heterocycles. The first-order valence-corrected chi connectivity index (χ1v) is 7.60. The van der Waals surface area contributed by atoms with E-state index in [1.807, 2.05) is 0 Å². The van der Waals surface area contributed by atoms with Gasteiger partial charge in [-0.15, -0.1) is 0 Å². The summed E-state index contributed by atoms with van der Waals surface area (Å²) in [7, 11) is 1.77. The Morgan fingerprint density at radius 2 is 2.26 bits per heavy atom. The lowest BCUT2D eigenvalue weighted by molar-refractivity contribution is -0.137. The van der Waals surface area contributed by atoms with Crippen molar-refractivity contribution in [3.05, 3.63) is 22.8 Å². The highest BCUT2D eigenvalue weighted by molar-refractivity contribution is 6.33. The van der Waals surface area contributed by atoms with Gasteiger partial charge in [-0.2, -0.15) is 13.2 Å². The van der Waals surface area contributed by atoms with Crippen LogP contribution in [0.2, 0.25) is 5.02 Å². The molecule has 1 atom stereocenters. The standard InChI is InChI=1S/C14H18ClF3N4O/c1-19-4-2-12(23)21-10-3-5-22(8-10)13-11(15)6-9(7-20-13)14(16,17)18/h6-7,10,19H,2-5,8H2,1H3,(H,21,23). The number of carbonyl (C=O) groups is 1. The van der Waals surface area contributed by atoms with Crippen molar-refractivity contribution < 1.29 is 18.0 Å². The third-order valence-electron chi connectivity index (χ3n) is 3.60. The number of hydrogen-bond donors (Lipinski definition) is 2. The van der Waals surface area contributed by atoms with Crippen molar-refractivity contribution in [2.24, 2.45) is 0 Å². The van der Waals surface area contributed by atoms with E-state index in [2.05, 4.69) is 15.6 Å². The summed E-state index contributed by atoms with van der Waals surface area (Å²) in [5.74, 6) is 0.254. The first-order valence-electron chi connectivity index (χ1n) is 7.23. The van der Waals surface area contributed by atoms with E-state index in [-0.39, 0.29) is 17.0 Å². The van der Waals surface area contributed by atoms with Gasteiger partial charge in [0.05, 0.1) is 10.6 Å². The second kappa shape index (κ2) is 7.35. The highest BCUT2D eigenvalue weighted by Gasteiger charge is 2.33. The molecule has 0 saturated carbocycles. The van der Waals surface area contributed by atoms with E-state index in [9.17, 15) is 18.0 Å². The molecule has 0 spiro atoms. The Balaban J connectivity index is 1.98. The molecular formula is C14H18ClF3N4O. The zero-order valence-corrected chi connectivity index (χ0v) is 13.3. The molecule has 2 N–H and O–H groups in total. The third kappa shape index (κ3) is 4.71. The van der Waals surface area contributed by atoms with E-state index >= 15 is 0 Å². The van der Waals surface area contributed by atoms with Gasteiger partial charge in [-0.05, 0) is 19.5 Å². The van der Waals surface area contributed by atoms with Crippen LogP contribution in [0, 0.1) is 0 Å². The fraction of sp³-hybridized carbons (Fsp3) is 0.571. The molecule has 1 saturated heterocycles. The van der Waals surface area contributed by atoms with E-state index in [0.717, 1.165) is 12.3 Å². The fourth-order valence-electron chi connectivity index (χ4n) is 2.43. The van der Waals surface area contributed by atoms with Crippen LogP contribution in [0.4, 0.5) is 19.0 Å². The van der Waals surface area contributed by atoms with Crippen LogP contribution in [0.1, 0.15) is 18.4 Å². The van der Waals surface area contributed by atoms with Gasteiger partial charge >= 0.3 is 6.18 Å². The van der Waals surface area contributed by atoms with Gasteiger partial charge in [0.25, 0.3) is 0 Å². The monoisotopic (exact) mass is 350 g/mol. The minimum atomic E-state index is -4.47. The van der Waals surface area contributed by atoms with Gasteiger partial charge < -0.3 is 15.5 Å². The summed E-state index contributed by atoms with van der Waals surface area (Å²) in [4.78, 5) is 17.3. The zero-order valence-electron chi connectivity index (χ0n) is 12.6. The van der Waals surface area contributed by atoms with E-state index in [0.29, 0.717) is 38.3 Å². The Morgan fingerprint density at radius 3 is 2.87 bits per heavy atom. The topological polar surface area (TPSA) is 57.3 Å². The molecule has 1 aliphatic rings. The van der Waals surface area contributed by atoms with Crippen molar-refractivity contribution in [2.45, 2.75) is 25.1 Å². The van der Waals surface area contributed by atoms with Crippen LogP contribution < -0.4 is 15.5 Å². The van der Waals surface area contributed by atoms with Crippen LogP contribution in [-0.4, -0.2) is 43.6 Å². The van der Waals surface area contributed by atoms with E-state index in [4.69, 9.17) is 11.6 Å². The van der Waals surface area contributed by atoms with Gasteiger partial charge in [-0.3, -0.25) is 4.79 Å². The average molecular weight is 351 g/mol. The van der Waals surface area contributed by atoms with Crippen molar-refractivity contribution in [1.29, 1.82) is 0 Å². The number of pyridine rings is 1. The number of nitrogens with one attached hydrogen (secondary N) is 2. The maximum absolute atomic E-state index is 12.6. The van der Waals surface area contributed by atoms with E-state index < -0.39 is 11.7 Å². The molecule has 0 aromatic carbocycles. The Bertz CT molecular complexity index is 567. The molecule has 0 bridgehead atoms. The average Bonchev–Trinajstić information content (AvgIpc) is 2.92. The van der Waals surface area contributed by atoms with Gasteiger partial charge in [0.1, 0.15) is 5.82 Å². The molecule has 0 radical (unpaired) electrons. The lowest BCUT2D eigenvalue weighted by Gasteiger charge is -2.20. The normalized spacial score (nSPS) is 18.3. The number of rotatable bonds is 5. The van der Waals surface area contributed by atoms with Crippen LogP contribution in [-0.2, 0) is 11.0 Å². The van der Waals surface area contributed by atoms with Gasteiger partial charge in [0, 0.05) is 38.3 Å². The van der Waals surface area contributed by atoms with Crippen molar-refractivity contribution in [3.63, 3.8) is 0 Å². The lowest BCUT2D eigenvalue weighted by Crippen LogP contribution is -2.38. The number of carbonyl (C=O) groups excluding carboxylic acids is 1. The number of amides is 1. The minimum absolute atomic E-state index is 0.0398. The Morgan fingerprint density at radius 1 is 1.52 bits per heavy atom. The quantitative estimate of drug-likeness (QED) is 0.853. The van der Waals surface area contributed by atoms with Crippen LogP contribution in [0.5, 0.6) is 0 Å².